The van der Waals surface area contributed by atoms with Crippen LogP contribution in [-0.4, -0.2) is 30.4 Å². The lowest BCUT2D eigenvalue weighted by molar-refractivity contribution is 0.229. The van der Waals surface area contributed by atoms with E-state index in [4.69, 9.17) is 9.47 Å². The van der Waals surface area contributed by atoms with Crippen molar-refractivity contribution in [2.75, 3.05) is 13.2 Å². The maximum Gasteiger partial charge on any atom is 0.488 e. The monoisotopic (exact) mass is 266 g/mol. The van der Waals surface area contributed by atoms with E-state index >= 15 is 0 Å². The van der Waals surface area contributed by atoms with Crippen LogP contribution in [0.1, 0.15) is 27.7 Å². The highest BCUT2D eigenvalue weighted by Crippen LogP contribution is 2.26. The number of hydrogen-bond donors (Lipinski definition) is 2. The molecule has 0 saturated heterocycles. The van der Waals surface area contributed by atoms with Crippen LogP contribution in [0.25, 0.3) is 0 Å². The lowest BCUT2D eigenvalue weighted by Gasteiger charge is -2.16. The van der Waals surface area contributed by atoms with E-state index in [0.717, 1.165) is 0 Å². The van der Waals surface area contributed by atoms with Gasteiger partial charge in [0.05, 0.1) is 13.2 Å². The summed E-state index contributed by atoms with van der Waals surface area (Å²) in [6, 6.07) is 4.96. The minimum Gasteiger partial charge on any atom is -0.489 e. The van der Waals surface area contributed by atoms with Crippen molar-refractivity contribution in [3.63, 3.8) is 0 Å². The fraction of sp³-hybridized carbons (Fsp3) is 0.571. The van der Waals surface area contributed by atoms with Gasteiger partial charge in [0.2, 0.25) is 0 Å². The average Bonchev–Trinajstić information content (AvgIpc) is 2.33. The third-order valence-corrected chi connectivity index (χ3v) is 2.41. The van der Waals surface area contributed by atoms with Gasteiger partial charge in [0, 0.05) is 0 Å². The Kier molecular flexibility index (Phi) is 6.18. The zero-order valence-electron chi connectivity index (χ0n) is 12.1. The van der Waals surface area contributed by atoms with Crippen molar-refractivity contribution in [3.8, 4) is 11.5 Å². The second-order valence-corrected chi connectivity index (χ2v) is 5.49. The quantitative estimate of drug-likeness (QED) is 0.733. The van der Waals surface area contributed by atoms with Gasteiger partial charge in [-0.3, -0.25) is 0 Å². The summed E-state index contributed by atoms with van der Waals surface area (Å²) in [6.07, 6.45) is 0. The van der Waals surface area contributed by atoms with E-state index in [0.29, 0.717) is 42.0 Å². The van der Waals surface area contributed by atoms with Gasteiger partial charge >= 0.3 is 7.12 Å². The molecule has 1 aromatic carbocycles. The molecule has 0 aliphatic rings. The number of ether oxygens (including phenoxy) is 2. The van der Waals surface area contributed by atoms with Gasteiger partial charge in [-0.15, -0.1) is 0 Å². The lowest BCUT2D eigenvalue weighted by Crippen LogP contribution is -2.29. The molecule has 0 atom stereocenters. The Bertz CT molecular complexity index is 391. The van der Waals surface area contributed by atoms with Gasteiger partial charge in [-0.2, -0.15) is 0 Å². The lowest BCUT2D eigenvalue weighted by atomic mass is 9.80. The molecule has 0 fully saturated rings. The summed E-state index contributed by atoms with van der Waals surface area (Å²) in [6.45, 7) is 9.40. The van der Waals surface area contributed by atoms with Crippen LogP contribution in [0.5, 0.6) is 11.5 Å². The summed E-state index contributed by atoms with van der Waals surface area (Å²) in [5.74, 6) is 2.00. The van der Waals surface area contributed by atoms with E-state index in [-0.39, 0.29) is 0 Å². The molecule has 19 heavy (non-hydrogen) atoms. The zero-order valence-corrected chi connectivity index (χ0v) is 12.1. The number of hydrogen-bond acceptors (Lipinski definition) is 4. The van der Waals surface area contributed by atoms with Crippen molar-refractivity contribution in [3.05, 3.63) is 18.2 Å². The molecule has 0 radical (unpaired) electrons. The van der Waals surface area contributed by atoms with Crippen LogP contribution in [0.2, 0.25) is 0 Å². The standard InChI is InChI=1S/C14H23BO4/c1-10(2)8-18-13-6-5-12(15(16)17)7-14(13)19-9-11(3)4/h5-7,10-11,16-17H,8-9H2,1-4H3. The Hall–Kier alpha value is -1.20. The SMILES string of the molecule is CC(C)COc1ccc(B(O)O)cc1OCC(C)C. The molecule has 0 saturated carbocycles. The molecule has 4 nitrogen and oxygen atoms in total. The molecule has 5 heteroatoms. The van der Waals surface area contributed by atoms with Crippen molar-refractivity contribution < 1.29 is 19.5 Å². The molecule has 2 N–H and O–H groups in total. The van der Waals surface area contributed by atoms with Gasteiger partial charge in [-0.25, -0.2) is 0 Å². The molecule has 0 spiro atoms. The number of rotatable bonds is 7. The summed E-state index contributed by atoms with van der Waals surface area (Å²) < 4.78 is 11.4. The van der Waals surface area contributed by atoms with Gasteiger partial charge < -0.3 is 19.5 Å². The molecular weight excluding hydrogens is 243 g/mol. The topological polar surface area (TPSA) is 58.9 Å². The second-order valence-electron chi connectivity index (χ2n) is 5.49. The summed E-state index contributed by atoms with van der Waals surface area (Å²) in [7, 11) is -1.50. The maximum atomic E-state index is 9.19. The van der Waals surface area contributed by atoms with Crippen LogP contribution in [-0.2, 0) is 0 Å². The molecule has 106 valence electrons. The fourth-order valence-electron chi connectivity index (χ4n) is 1.43. The highest BCUT2D eigenvalue weighted by molar-refractivity contribution is 6.58. The van der Waals surface area contributed by atoms with Crippen LogP contribution >= 0.6 is 0 Å². The first-order chi connectivity index (χ1) is 8.90. The van der Waals surface area contributed by atoms with E-state index in [1.54, 1.807) is 18.2 Å². The predicted molar refractivity (Wildman–Crippen MR) is 76.9 cm³/mol. The van der Waals surface area contributed by atoms with Crippen molar-refractivity contribution in [1.29, 1.82) is 0 Å². The van der Waals surface area contributed by atoms with Gasteiger partial charge in [0.15, 0.2) is 11.5 Å². The Morgan fingerprint density at radius 1 is 0.947 bits per heavy atom. The molecule has 0 aromatic heterocycles. The third kappa shape index (κ3) is 5.53. The average molecular weight is 266 g/mol. The molecular formula is C14H23BO4. The molecule has 0 aliphatic heterocycles. The van der Waals surface area contributed by atoms with Crippen LogP contribution in [0, 0.1) is 11.8 Å². The first kappa shape index (κ1) is 15.9. The van der Waals surface area contributed by atoms with Gasteiger partial charge in [-0.1, -0.05) is 33.8 Å². The van der Waals surface area contributed by atoms with Crippen molar-refractivity contribution in [2.45, 2.75) is 27.7 Å². The summed E-state index contributed by atoms with van der Waals surface area (Å²) in [4.78, 5) is 0. The van der Waals surface area contributed by atoms with E-state index in [9.17, 15) is 10.0 Å². The smallest absolute Gasteiger partial charge is 0.488 e. The largest absolute Gasteiger partial charge is 0.489 e. The predicted octanol–water partition coefficient (Wildman–Crippen LogP) is 1.44. The van der Waals surface area contributed by atoms with Gasteiger partial charge in [-0.05, 0) is 29.4 Å². The molecule has 0 aliphatic carbocycles. The van der Waals surface area contributed by atoms with Crippen molar-refractivity contribution in [2.24, 2.45) is 11.8 Å². The Morgan fingerprint density at radius 2 is 1.47 bits per heavy atom. The molecule has 0 heterocycles. The van der Waals surface area contributed by atoms with E-state index in [1.165, 1.54) is 0 Å². The minimum atomic E-state index is -1.50. The van der Waals surface area contributed by atoms with Crippen molar-refractivity contribution in [1.82, 2.24) is 0 Å². The normalized spacial score (nSPS) is 10.9. The van der Waals surface area contributed by atoms with Crippen LogP contribution in [0.4, 0.5) is 0 Å². The van der Waals surface area contributed by atoms with Gasteiger partial charge in [0.25, 0.3) is 0 Å². The molecule has 0 amide bonds. The number of benzene rings is 1. The summed E-state index contributed by atoms with van der Waals surface area (Å²) >= 11 is 0. The Labute approximate surface area is 115 Å². The molecule has 1 aromatic rings. The van der Waals surface area contributed by atoms with Crippen LogP contribution < -0.4 is 14.9 Å². The highest BCUT2D eigenvalue weighted by atomic mass is 16.5. The van der Waals surface area contributed by atoms with Gasteiger partial charge in [0.1, 0.15) is 0 Å². The Morgan fingerprint density at radius 3 is 1.95 bits per heavy atom. The minimum absolute atomic E-state index is 0.389. The van der Waals surface area contributed by atoms with Crippen molar-refractivity contribution >= 4 is 12.6 Å². The Balaban J connectivity index is 2.87. The van der Waals surface area contributed by atoms with Crippen LogP contribution in [0.3, 0.4) is 0 Å². The fourth-order valence-corrected chi connectivity index (χ4v) is 1.43. The first-order valence-electron chi connectivity index (χ1n) is 6.65. The molecule has 0 bridgehead atoms. The van der Waals surface area contributed by atoms with Crippen LogP contribution in [0.15, 0.2) is 18.2 Å². The summed E-state index contributed by atoms with van der Waals surface area (Å²) in [5, 5.41) is 18.4. The summed E-state index contributed by atoms with van der Waals surface area (Å²) in [5.41, 5.74) is 0.399. The first-order valence-corrected chi connectivity index (χ1v) is 6.65. The third-order valence-electron chi connectivity index (χ3n) is 2.41. The van der Waals surface area contributed by atoms with E-state index < -0.39 is 7.12 Å². The maximum absolute atomic E-state index is 9.19. The second kappa shape index (κ2) is 7.41. The van der Waals surface area contributed by atoms with E-state index in [1.807, 2.05) is 0 Å². The molecule has 0 unspecified atom stereocenters. The highest BCUT2D eigenvalue weighted by Gasteiger charge is 2.15. The molecule has 1 rings (SSSR count). The zero-order chi connectivity index (χ0) is 14.4. The van der Waals surface area contributed by atoms with E-state index in [2.05, 4.69) is 27.7 Å².